The molecule has 1 aromatic carbocycles. The van der Waals surface area contributed by atoms with E-state index in [1.807, 2.05) is 0 Å². The zero-order chi connectivity index (χ0) is 10.2. The van der Waals surface area contributed by atoms with Crippen molar-refractivity contribution in [1.82, 2.24) is 0 Å². The zero-order valence-electron chi connectivity index (χ0n) is 6.17. The van der Waals surface area contributed by atoms with Crippen molar-refractivity contribution in [2.45, 2.75) is 5.33 Å². The summed E-state index contributed by atoms with van der Waals surface area (Å²) in [6.07, 6.45) is 0. The summed E-state index contributed by atoms with van der Waals surface area (Å²) in [6, 6.07) is 0. The molecule has 0 fully saturated rings. The Bertz CT molecular complexity index is 320. The summed E-state index contributed by atoms with van der Waals surface area (Å²) < 4.78 is 3.70. The number of hydrogen-bond donors (Lipinski definition) is 0. The summed E-state index contributed by atoms with van der Waals surface area (Å²) >= 11 is 17.2. The van der Waals surface area contributed by atoms with Gasteiger partial charge in [-0.25, -0.2) is 0 Å². The van der Waals surface area contributed by atoms with E-state index < -0.39 is 0 Å². The van der Waals surface area contributed by atoms with Gasteiger partial charge < -0.3 is 0 Å². The molecule has 0 N–H and O–H groups in total. The molecule has 6 heteroatoms. The van der Waals surface area contributed by atoms with E-state index in [9.17, 15) is 0 Å². The molecular formula is C7H2BBr5. The van der Waals surface area contributed by atoms with E-state index in [2.05, 4.69) is 79.6 Å². The van der Waals surface area contributed by atoms with Crippen molar-refractivity contribution in [3.63, 3.8) is 0 Å². The summed E-state index contributed by atoms with van der Waals surface area (Å²) in [5, 5.41) is 0.740. The fraction of sp³-hybridized carbons (Fsp3) is 0.143. The van der Waals surface area contributed by atoms with Gasteiger partial charge in [0.05, 0.1) is 0 Å². The normalized spacial score (nSPS) is 10.5. The fourth-order valence-corrected chi connectivity index (χ4v) is 4.85. The molecule has 0 aromatic heterocycles. The summed E-state index contributed by atoms with van der Waals surface area (Å²) in [5.74, 6) is 0. The van der Waals surface area contributed by atoms with Crippen LogP contribution in [0.15, 0.2) is 17.9 Å². The van der Waals surface area contributed by atoms with Crippen molar-refractivity contribution < 1.29 is 0 Å². The van der Waals surface area contributed by atoms with E-state index in [0.29, 0.717) is 5.46 Å². The molecule has 0 spiro atoms. The average Bonchev–Trinajstić information content (AvgIpc) is 2.13. The molecule has 0 saturated carbocycles. The Morgan fingerprint density at radius 2 is 1.38 bits per heavy atom. The van der Waals surface area contributed by atoms with Crippen molar-refractivity contribution in [2.24, 2.45) is 0 Å². The van der Waals surface area contributed by atoms with Gasteiger partial charge in [-0.1, -0.05) is 53.3 Å². The van der Waals surface area contributed by atoms with Crippen molar-refractivity contribution in [2.75, 3.05) is 0 Å². The minimum absolute atomic E-state index is 0.699. The third-order valence-electron chi connectivity index (χ3n) is 1.52. The van der Waals surface area contributed by atoms with Gasteiger partial charge in [0.15, 0.2) is 0 Å². The van der Waals surface area contributed by atoms with Crippen LogP contribution in [-0.2, 0) is 5.33 Å². The average molecular weight is 496 g/mol. The molecular weight excluding hydrogens is 494 g/mol. The number of halogens is 5. The molecule has 68 valence electrons. The van der Waals surface area contributed by atoms with Gasteiger partial charge in [-0.05, 0) is 37.4 Å². The lowest BCUT2D eigenvalue weighted by Gasteiger charge is -2.12. The maximum absolute atomic E-state index is 5.86. The van der Waals surface area contributed by atoms with Crippen LogP contribution in [0.25, 0.3) is 0 Å². The lowest BCUT2D eigenvalue weighted by atomic mass is 9.95. The quantitative estimate of drug-likeness (QED) is 0.234. The van der Waals surface area contributed by atoms with Crippen LogP contribution in [0.5, 0.6) is 0 Å². The van der Waals surface area contributed by atoms with E-state index in [4.69, 9.17) is 7.85 Å². The predicted molar refractivity (Wildman–Crippen MR) is 75.3 cm³/mol. The van der Waals surface area contributed by atoms with Crippen LogP contribution in [0.3, 0.4) is 0 Å². The molecule has 0 unspecified atom stereocenters. The minimum atomic E-state index is 0.699. The third kappa shape index (κ3) is 2.44. The number of hydrogen-bond acceptors (Lipinski definition) is 0. The first kappa shape index (κ1) is 12.8. The van der Waals surface area contributed by atoms with E-state index >= 15 is 0 Å². The predicted octanol–water partition coefficient (Wildman–Crippen LogP) is 4.43. The van der Waals surface area contributed by atoms with Gasteiger partial charge >= 0.3 is 0 Å². The molecule has 0 aliphatic carbocycles. The second-order valence-electron chi connectivity index (χ2n) is 2.28. The van der Waals surface area contributed by atoms with Gasteiger partial charge in [0, 0.05) is 23.2 Å². The number of alkyl halides is 1. The zero-order valence-corrected chi connectivity index (χ0v) is 14.1. The number of benzene rings is 1. The summed E-state index contributed by atoms with van der Waals surface area (Å²) in [6.45, 7) is 0. The van der Waals surface area contributed by atoms with Crippen LogP contribution in [0.2, 0.25) is 0 Å². The van der Waals surface area contributed by atoms with E-state index in [-0.39, 0.29) is 0 Å². The SMILES string of the molecule is [B]c1c(Br)c(Br)c(Br)c(CBr)c1Br. The van der Waals surface area contributed by atoms with Gasteiger partial charge in [0.25, 0.3) is 0 Å². The largest absolute Gasteiger partial charge is 0.117 e. The highest BCUT2D eigenvalue weighted by atomic mass is 79.9. The Balaban J connectivity index is 3.56. The highest BCUT2D eigenvalue weighted by Crippen LogP contribution is 2.37. The van der Waals surface area contributed by atoms with Crippen LogP contribution in [0.4, 0.5) is 0 Å². The van der Waals surface area contributed by atoms with Crippen molar-refractivity contribution in [3.05, 3.63) is 23.5 Å². The van der Waals surface area contributed by atoms with Gasteiger partial charge in [-0.2, -0.15) is 0 Å². The standard InChI is InChI=1S/C7H2BBr5/c8-3-4(10)2(1-9)5(11)7(13)6(3)12/h1H2. The van der Waals surface area contributed by atoms with E-state index in [1.54, 1.807) is 0 Å². The fourth-order valence-electron chi connectivity index (χ4n) is 0.820. The lowest BCUT2D eigenvalue weighted by Crippen LogP contribution is -2.10. The van der Waals surface area contributed by atoms with Crippen LogP contribution in [0, 0.1) is 0 Å². The number of rotatable bonds is 1. The molecule has 0 bridgehead atoms. The van der Waals surface area contributed by atoms with Gasteiger partial charge in [-0.15, -0.1) is 0 Å². The Kier molecular flexibility index (Phi) is 5.05. The Morgan fingerprint density at radius 3 is 1.85 bits per heavy atom. The molecule has 0 saturated heterocycles. The molecule has 0 aliphatic heterocycles. The Hall–Kier alpha value is 1.68. The highest BCUT2D eigenvalue weighted by Gasteiger charge is 2.14. The second-order valence-corrected chi connectivity index (χ2v) is 6.01. The maximum Gasteiger partial charge on any atom is 0.117 e. The first-order chi connectivity index (χ1) is 6.00. The molecule has 2 radical (unpaired) electrons. The third-order valence-corrected chi connectivity index (χ3v) is 6.54. The minimum Gasteiger partial charge on any atom is -0.0875 e. The van der Waals surface area contributed by atoms with Crippen LogP contribution < -0.4 is 5.46 Å². The topological polar surface area (TPSA) is 0 Å². The second kappa shape index (κ2) is 5.15. The molecule has 1 rings (SSSR count). The molecule has 0 amide bonds. The first-order valence-electron chi connectivity index (χ1n) is 3.17. The summed E-state index contributed by atoms with van der Waals surface area (Å²) in [7, 11) is 5.86. The van der Waals surface area contributed by atoms with Crippen molar-refractivity contribution in [3.8, 4) is 0 Å². The molecule has 1 aromatic rings. The van der Waals surface area contributed by atoms with Crippen molar-refractivity contribution in [1.29, 1.82) is 0 Å². The first-order valence-corrected chi connectivity index (χ1v) is 7.46. The highest BCUT2D eigenvalue weighted by molar-refractivity contribution is 9.14. The van der Waals surface area contributed by atoms with Gasteiger partial charge in [0.1, 0.15) is 7.85 Å². The van der Waals surface area contributed by atoms with Crippen LogP contribution in [0.1, 0.15) is 5.56 Å². The lowest BCUT2D eigenvalue weighted by molar-refractivity contribution is 1.35. The molecule has 0 heterocycles. The summed E-state index contributed by atoms with van der Waals surface area (Å²) in [5.41, 5.74) is 1.79. The molecule has 0 atom stereocenters. The molecule has 13 heavy (non-hydrogen) atoms. The molecule has 0 nitrogen and oxygen atoms in total. The Labute approximate surface area is 120 Å². The van der Waals surface area contributed by atoms with E-state index in [1.165, 1.54) is 0 Å². The monoisotopic (exact) mass is 492 g/mol. The maximum atomic E-state index is 5.86. The molecule has 0 aliphatic rings. The van der Waals surface area contributed by atoms with Crippen LogP contribution in [-0.4, -0.2) is 7.85 Å². The smallest absolute Gasteiger partial charge is 0.0875 e. The van der Waals surface area contributed by atoms with Gasteiger partial charge in [-0.3, -0.25) is 0 Å². The van der Waals surface area contributed by atoms with Crippen LogP contribution >= 0.6 is 79.6 Å². The van der Waals surface area contributed by atoms with E-state index in [0.717, 1.165) is 28.8 Å². The van der Waals surface area contributed by atoms with Crippen molar-refractivity contribution >= 4 is 93.0 Å². The summed E-state index contributed by atoms with van der Waals surface area (Å²) in [4.78, 5) is 0. The van der Waals surface area contributed by atoms with Gasteiger partial charge in [0.2, 0.25) is 0 Å². The Morgan fingerprint density at radius 1 is 0.846 bits per heavy atom.